The Morgan fingerprint density at radius 3 is 2.88 bits per heavy atom. The van der Waals surface area contributed by atoms with Crippen LogP contribution in [0.1, 0.15) is 42.4 Å². The van der Waals surface area contributed by atoms with Gasteiger partial charge in [0.2, 0.25) is 0 Å². The summed E-state index contributed by atoms with van der Waals surface area (Å²) in [6, 6.07) is 7.31. The first-order valence-corrected chi connectivity index (χ1v) is 8.56. The molecule has 6 nitrogen and oxygen atoms in total. The molecule has 1 aromatic carbocycles. The second kappa shape index (κ2) is 6.91. The van der Waals surface area contributed by atoms with Gasteiger partial charge in [0.05, 0.1) is 18.0 Å². The highest BCUT2D eigenvalue weighted by atomic mass is 35.5. The molecule has 2 aromatic rings. The molecular formula is C17H21ClN4O2. The van der Waals surface area contributed by atoms with Crippen LogP contribution in [-0.4, -0.2) is 39.2 Å². The Balaban J connectivity index is 1.84. The van der Waals surface area contributed by atoms with Crippen LogP contribution in [0.25, 0.3) is 5.69 Å². The molecule has 1 amide bonds. The van der Waals surface area contributed by atoms with E-state index in [9.17, 15) is 9.90 Å². The van der Waals surface area contributed by atoms with Gasteiger partial charge in [0.15, 0.2) is 5.69 Å². The molecule has 0 bridgehead atoms. The maximum absolute atomic E-state index is 12.5. The summed E-state index contributed by atoms with van der Waals surface area (Å²) in [5.41, 5.74) is 1.76. The highest BCUT2D eigenvalue weighted by Crippen LogP contribution is 2.44. The molecule has 1 aliphatic carbocycles. The fraction of sp³-hybridized carbons (Fsp3) is 0.471. The van der Waals surface area contributed by atoms with Gasteiger partial charge in [-0.2, -0.15) is 0 Å². The molecule has 1 heterocycles. The molecule has 0 spiro atoms. The highest BCUT2D eigenvalue weighted by molar-refractivity contribution is 6.30. The molecule has 3 rings (SSSR count). The quantitative estimate of drug-likeness (QED) is 0.805. The van der Waals surface area contributed by atoms with Crippen molar-refractivity contribution in [2.24, 2.45) is 5.41 Å². The molecule has 24 heavy (non-hydrogen) atoms. The second-order valence-corrected chi connectivity index (χ2v) is 6.80. The Bertz CT molecular complexity index is 740. The lowest BCUT2D eigenvalue weighted by Gasteiger charge is -2.12. The van der Waals surface area contributed by atoms with Gasteiger partial charge in [-0.25, -0.2) is 4.68 Å². The zero-order valence-corrected chi connectivity index (χ0v) is 14.4. The van der Waals surface area contributed by atoms with Crippen molar-refractivity contribution in [3.8, 4) is 5.69 Å². The van der Waals surface area contributed by atoms with Gasteiger partial charge in [0, 0.05) is 17.0 Å². The standard InChI is InChI=1S/C17H21ClN4O2/c1-2-4-14-15(16(24)19-10-17(11-23)7-8-17)20-21-22(14)13-6-3-5-12(18)9-13/h3,5-6,9,23H,2,4,7-8,10-11H2,1H3,(H,19,24). The number of carbonyl (C=O) groups excluding carboxylic acids is 1. The number of hydrogen-bond donors (Lipinski definition) is 2. The van der Waals surface area contributed by atoms with Crippen molar-refractivity contribution in [1.29, 1.82) is 0 Å². The van der Waals surface area contributed by atoms with Gasteiger partial charge < -0.3 is 10.4 Å². The summed E-state index contributed by atoms with van der Waals surface area (Å²) in [7, 11) is 0. The SMILES string of the molecule is CCCc1c(C(=O)NCC2(CO)CC2)nnn1-c1cccc(Cl)c1. The Kier molecular flexibility index (Phi) is 4.87. The average Bonchev–Trinajstić information content (AvgIpc) is 3.25. The molecule has 1 saturated carbocycles. The monoisotopic (exact) mass is 348 g/mol. The molecule has 1 aromatic heterocycles. The van der Waals surface area contributed by atoms with Gasteiger partial charge in [-0.3, -0.25) is 4.79 Å². The lowest BCUT2D eigenvalue weighted by atomic mass is 10.1. The van der Waals surface area contributed by atoms with E-state index >= 15 is 0 Å². The molecule has 128 valence electrons. The number of carbonyl (C=O) groups is 1. The number of aromatic nitrogens is 3. The van der Waals surface area contributed by atoms with E-state index in [1.807, 2.05) is 19.1 Å². The van der Waals surface area contributed by atoms with Crippen LogP contribution in [0, 0.1) is 5.41 Å². The third-order valence-corrected chi connectivity index (χ3v) is 4.67. The number of aliphatic hydroxyl groups is 1. The highest BCUT2D eigenvalue weighted by Gasteiger charge is 2.42. The molecule has 0 saturated heterocycles. The van der Waals surface area contributed by atoms with Crippen molar-refractivity contribution in [2.75, 3.05) is 13.2 Å². The Morgan fingerprint density at radius 2 is 2.25 bits per heavy atom. The van der Waals surface area contributed by atoms with Gasteiger partial charge >= 0.3 is 0 Å². The number of benzene rings is 1. The zero-order valence-electron chi connectivity index (χ0n) is 13.6. The van der Waals surface area contributed by atoms with Gasteiger partial charge in [-0.05, 0) is 37.5 Å². The molecule has 0 aliphatic heterocycles. The van der Waals surface area contributed by atoms with E-state index in [0.717, 1.165) is 30.6 Å². The van der Waals surface area contributed by atoms with Crippen LogP contribution in [0.3, 0.4) is 0 Å². The average molecular weight is 349 g/mol. The Hall–Kier alpha value is -1.92. The lowest BCUT2D eigenvalue weighted by molar-refractivity contribution is 0.0929. The van der Waals surface area contributed by atoms with Crippen LogP contribution in [0.2, 0.25) is 5.02 Å². The van der Waals surface area contributed by atoms with Crippen LogP contribution in [-0.2, 0) is 6.42 Å². The van der Waals surface area contributed by atoms with E-state index < -0.39 is 0 Å². The fourth-order valence-electron chi connectivity index (χ4n) is 2.67. The third-order valence-electron chi connectivity index (χ3n) is 4.43. The summed E-state index contributed by atoms with van der Waals surface area (Å²) in [6.45, 7) is 2.62. The van der Waals surface area contributed by atoms with Crippen LogP contribution in [0.5, 0.6) is 0 Å². The molecule has 0 unspecified atom stereocenters. The largest absolute Gasteiger partial charge is 0.396 e. The number of halogens is 1. The van der Waals surface area contributed by atoms with E-state index in [1.165, 1.54) is 0 Å². The topological polar surface area (TPSA) is 80.0 Å². The summed E-state index contributed by atoms with van der Waals surface area (Å²) in [4.78, 5) is 12.5. The minimum Gasteiger partial charge on any atom is -0.396 e. The van der Waals surface area contributed by atoms with E-state index in [-0.39, 0.29) is 17.9 Å². The first-order valence-electron chi connectivity index (χ1n) is 8.18. The number of nitrogens with one attached hydrogen (secondary N) is 1. The molecule has 1 fully saturated rings. The number of nitrogens with zero attached hydrogens (tertiary/aromatic N) is 3. The van der Waals surface area contributed by atoms with Crippen molar-refractivity contribution >= 4 is 17.5 Å². The van der Waals surface area contributed by atoms with Crippen LogP contribution >= 0.6 is 11.6 Å². The van der Waals surface area contributed by atoms with Crippen LogP contribution in [0.15, 0.2) is 24.3 Å². The Morgan fingerprint density at radius 1 is 1.46 bits per heavy atom. The van der Waals surface area contributed by atoms with Crippen LogP contribution in [0.4, 0.5) is 0 Å². The molecule has 1 aliphatic rings. The lowest BCUT2D eigenvalue weighted by Crippen LogP contribution is -2.32. The van der Waals surface area contributed by atoms with Crippen molar-refractivity contribution < 1.29 is 9.90 Å². The molecule has 0 atom stereocenters. The minimum absolute atomic E-state index is 0.101. The molecule has 7 heteroatoms. The summed E-state index contributed by atoms with van der Waals surface area (Å²) < 4.78 is 1.67. The third kappa shape index (κ3) is 3.44. The Labute approximate surface area is 145 Å². The smallest absolute Gasteiger partial charge is 0.273 e. The fourth-order valence-corrected chi connectivity index (χ4v) is 2.86. The number of hydrogen-bond acceptors (Lipinski definition) is 4. The molecule has 0 radical (unpaired) electrons. The van der Waals surface area contributed by atoms with E-state index in [2.05, 4.69) is 15.6 Å². The first-order chi connectivity index (χ1) is 11.6. The molecular weight excluding hydrogens is 328 g/mol. The zero-order chi connectivity index (χ0) is 17.2. The normalized spacial score (nSPS) is 15.3. The molecule has 2 N–H and O–H groups in total. The number of aliphatic hydroxyl groups excluding tert-OH is 1. The number of amides is 1. The van der Waals surface area contributed by atoms with Gasteiger partial charge in [-0.15, -0.1) is 5.10 Å². The second-order valence-electron chi connectivity index (χ2n) is 6.37. The first kappa shape index (κ1) is 16.9. The van der Waals surface area contributed by atoms with E-state index in [1.54, 1.807) is 16.8 Å². The maximum atomic E-state index is 12.5. The van der Waals surface area contributed by atoms with Crippen LogP contribution < -0.4 is 5.32 Å². The van der Waals surface area contributed by atoms with Crippen molar-refractivity contribution in [2.45, 2.75) is 32.6 Å². The summed E-state index contributed by atoms with van der Waals surface area (Å²) >= 11 is 6.05. The summed E-state index contributed by atoms with van der Waals surface area (Å²) in [6.07, 6.45) is 3.45. The van der Waals surface area contributed by atoms with E-state index in [0.29, 0.717) is 23.7 Å². The van der Waals surface area contributed by atoms with Crippen molar-refractivity contribution in [1.82, 2.24) is 20.3 Å². The van der Waals surface area contributed by atoms with Gasteiger partial charge in [0.25, 0.3) is 5.91 Å². The predicted octanol–water partition coefficient (Wildman–Crippen LogP) is 2.38. The predicted molar refractivity (Wildman–Crippen MR) is 91.5 cm³/mol. The van der Waals surface area contributed by atoms with Gasteiger partial charge in [0.1, 0.15) is 0 Å². The van der Waals surface area contributed by atoms with Crippen molar-refractivity contribution in [3.63, 3.8) is 0 Å². The summed E-state index contributed by atoms with van der Waals surface area (Å²) in [5, 5.41) is 21.1. The van der Waals surface area contributed by atoms with E-state index in [4.69, 9.17) is 11.6 Å². The van der Waals surface area contributed by atoms with Crippen molar-refractivity contribution in [3.05, 3.63) is 40.7 Å². The summed E-state index contributed by atoms with van der Waals surface area (Å²) in [5.74, 6) is -0.244. The number of rotatable bonds is 7. The maximum Gasteiger partial charge on any atom is 0.273 e. The van der Waals surface area contributed by atoms with Gasteiger partial charge in [-0.1, -0.05) is 36.2 Å². The minimum atomic E-state index is -0.244.